The zero-order valence-electron chi connectivity index (χ0n) is 14.2. The fourth-order valence-corrected chi connectivity index (χ4v) is 2.55. The van der Waals surface area contributed by atoms with Gasteiger partial charge >= 0.3 is 5.97 Å². The van der Waals surface area contributed by atoms with Gasteiger partial charge in [0.1, 0.15) is 0 Å². The Morgan fingerprint density at radius 3 is 1.76 bits per heavy atom. The summed E-state index contributed by atoms with van der Waals surface area (Å²) in [4.78, 5) is 41.1. The summed E-state index contributed by atoms with van der Waals surface area (Å²) in [5.74, 6) is -1.41. The van der Waals surface area contributed by atoms with Crippen molar-refractivity contribution >= 4 is 17.8 Å². The molecule has 1 heterocycles. The highest BCUT2D eigenvalue weighted by atomic mass is 16.7. The predicted octanol–water partition coefficient (Wildman–Crippen LogP) is 3.08. The molecular formula is C16H27NO4. The Morgan fingerprint density at radius 2 is 1.43 bits per heavy atom. The van der Waals surface area contributed by atoms with Crippen molar-refractivity contribution in [3.05, 3.63) is 0 Å². The maximum Gasteiger partial charge on any atom is 0.339 e. The van der Waals surface area contributed by atoms with E-state index in [0.717, 1.165) is 0 Å². The molecule has 2 amide bonds. The van der Waals surface area contributed by atoms with Gasteiger partial charge in [0.05, 0.1) is 5.41 Å². The highest BCUT2D eigenvalue weighted by molar-refractivity contribution is 6.01. The molecule has 1 unspecified atom stereocenters. The van der Waals surface area contributed by atoms with Crippen LogP contribution in [-0.4, -0.2) is 22.8 Å². The van der Waals surface area contributed by atoms with Gasteiger partial charge in [-0.1, -0.05) is 41.5 Å². The Labute approximate surface area is 127 Å². The van der Waals surface area contributed by atoms with E-state index in [4.69, 9.17) is 4.84 Å². The van der Waals surface area contributed by atoms with Crippen molar-refractivity contribution in [2.75, 3.05) is 0 Å². The lowest BCUT2D eigenvalue weighted by atomic mass is 9.61. The van der Waals surface area contributed by atoms with Crippen LogP contribution in [0, 0.1) is 16.2 Å². The maximum absolute atomic E-state index is 12.7. The lowest BCUT2D eigenvalue weighted by Crippen LogP contribution is -2.47. The number of imide groups is 1. The monoisotopic (exact) mass is 297 g/mol. The molecule has 1 rings (SSSR count). The molecule has 120 valence electrons. The Balaban J connectivity index is 3.02. The highest BCUT2D eigenvalue weighted by Crippen LogP contribution is 2.47. The summed E-state index contributed by atoms with van der Waals surface area (Å²) in [6.07, 6.45) is 0.813. The van der Waals surface area contributed by atoms with E-state index in [0.29, 0.717) is 11.5 Å². The Bertz CT molecular complexity index is 440. The molecule has 0 radical (unpaired) electrons. The molecule has 1 atom stereocenters. The van der Waals surface area contributed by atoms with Gasteiger partial charge in [-0.2, -0.15) is 0 Å². The minimum atomic E-state index is -0.797. The minimum absolute atomic E-state index is 0.0833. The van der Waals surface area contributed by atoms with Gasteiger partial charge in [-0.25, -0.2) is 4.79 Å². The zero-order chi connectivity index (χ0) is 16.6. The summed E-state index contributed by atoms with van der Waals surface area (Å²) in [7, 11) is 0. The van der Waals surface area contributed by atoms with Crippen LogP contribution in [0.5, 0.6) is 0 Å². The number of hydroxylamine groups is 2. The second kappa shape index (κ2) is 5.43. The van der Waals surface area contributed by atoms with E-state index >= 15 is 0 Å². The fraction of sp³-hybridized carbons (Fsp3) is 0.812. The number of carbonyl (C=O) groups excluding carboxylic acids is 3. The molecule has 0 spiro atoms. The van der Waals surface area contributed by atoms with Crippen molar-refractivity contribution in [2.45, 2.75) is 67.7 Å². The van der Waals surface area contributed by atoms with Crippen LogP contribution < -0.4 is 0 Å². The van der Waals surface area contributed by atoms with Crippen molar-refractivity contribution in [3.8, 4) is 0 Å². The molecule has 0 bridgehead atoms. The van der Waals surface area contributed by atoms with E-state index < -0.39 is 23.2 Å². The van der Waals surface area contributed by atoms with Crippen molar-refractivity contribution in [1.29, 1.82) is 0 Å². The van der Waals surface area contributed by atoms with Crippen LogP contribution in [0.25, 0.3) is 0 Å². The Hall–Kier alpha value is -1.39. The van der Waals surface area contributed by atoms with Crippen molar-refractivity contribution < 1.29 is 19.2 Å². The molecule has 0 aromatic carbocycles. The molecule has 21 heavy (non-hydrogen) atoms. The summed E-state index contributed by atoms with van der Waals surface area (Å²) in [6, 6.07) is 0. The van der Waals surface area contributed by atoms with E-state index in [9.17, 15) is 14.4 Å². The molecule has 5 heteroatoms. The summed E-state index contributed by atoms with van der Waals surface area (Å²) >= 11 is 0. The van der Waals surface area contributed by atoms with E-state index in [1.165, 1.54) is 0 Å². The Morgan fingerprint density at radius 1 is 1.00 bits per heavy atom. The summed E-state index contributed by atoms with van der Waals surface area (Å²) in [5.41, 5.74) is -1.24. The first-order valence-corrected chi connectivity index (χ1v) is 7.36. The zero-order valence-corrected chi connectivity index (χ0v) is 14.2. The van der Waals surface area contributed by atoms with Gasteiger partial charge < -0.3 is 4.84 Å². The van der Waals surface area contributed by atoms with E-state index in [1.807, 2.05) is 27.7 Å². The van der Waals surface area contributed by atoms with E-state index in [1.54, 1.807) is 0 Å². The summed E-state index contributed by atoms with van der Waals surface area (Å²) < 4.78 is 0. The van der Waals surface area contributed by atoms with Gasteiger partial charge in [-0.3, -0.25) is 9.59 Å². The van der Waals surface area contributed by atoms with Crippen LogP contribution in [0.1, 0.15) is 67.7 Å². The lowest BCUT2D eigenvalue weighted by Gasteiger charge is -2.43. The summed E-state index contributed by atoms with van der Waals surface area (Å²) in [6.45, 7) is 13.9. The third-order valence-electron chi connectivity index (χ3n) is 4.17. The molecule has 1 saturated heterocycles. The smallest absolute Gasteiger partial charge is 0.330 e. The molecular weight excluding hydrogens is 270 g/mol. The van der Waals surface area contributed by atoms with Crippen LogP contribution in [0.15, 0.2) is 0 Å². The second-order valence-corrected chi connectivity index (χ2v) is 8.28. The van der Waals surface area contributed by atoms with Crippen molar-refractivity contribution in [3.63, 3.8) is 0 Å². The lowest BCUT2D eigenvalue weighted by molar-refractivity contribution is -0.210. The third kappa shape index (κ3) is 3.83. The molecule has 0 aromatic rings. The normalized spacial score (nSPS) is 19.7. The number of carbonyl (C=O) groups is 3. The van der Waals surface area contributed by atoms with Crippen LogP contribution in [0.4, 0.5) is 0 Å². The van der Waals surface area contributed by atoms with Gasteiger partial charge in [0.25, 0.3) is 11.8 Å². The minimum Gasteiger partial charge on any atom is -0.330 e. The standard InChI is InChI=1S/C16H27NO4/c1-14(2,3)10-16(7,15(4,5)6)13(20)21-17-11(18)8-9-12(17)19/h8-10H2,1-7H3. The fourth-order valence-electron chi connectivity index (χ4n) is 2.55. The van der Waals surface area contributed by atoms with Gasteiger partial charge in [0.15, 0.2) is 0 Å². The molecule has 1 aliphatic heterocycles. The first-order chi connectivity index (χ1) is 9.28. The van der Waals surface area contributed by atoms with E-state index in [2.05, 4.69) is 20.8 Å². The molecule has 0 saturated carbocycles. The molecule has 1 aliphatic rings. The number of nitrogens with zero attached hydrogens (tertiary/aromatic N) is 1. The number of amides is 2. The second-order valence-electron chi connectivity index (χ2n) is 8.28. The first-order valence-electron chi connectivity index (χ1n) is 7.36. The summed E-state index contributed by atoms with van der Waals surface area (Å²) in [5, 5.41) is 0.634. The maximum atomic E-state index is 12.7. The largest absolute Gasteiger partial charge is 0.339 e. The topological polar surface area (TPSA) is 63.7 Å². The van der Waals surface area contributed by atoms with Gasteiger partial charge in [0.2, 0.25) is 0 Å². The van der Waals surface area contributed by atoms with Crippen molar-refractivity contribution in [1.82, 2.24) is 5.06 Å². The molecule has 0 N–H and O–H groups in total. The van der Waals surface area contributed by atoms with Crippen molar-refractivity contribution in [2.24, 2.45) is 16.2 Å². The molecule has 0 aliphatic carbocycles. The first kappa shape index (κ1) is 17.7. The third-order valence-corrected chi connectivity index (χ3v) is 4.17. The van der Waals surface area contributed by atoms with Crippen LogP contribution >= 0.6 is 0 Å². The molecule has 5 nitrogen and oxygen atoms in total. The average Bonchev–Trinajstić information content (AvgIpc) is 2.56. The quantitative estimate of drug-likeness (QED) is 0.751. The molecule has 0 aromatic heterocycles. The number of rotatable bonds is 3. The van der Waals surface area contributed by atoms with Crippen LogP contribution in [0.2, 0.25) is 0 Å². The average molecular weight is 297 g/mol. The number of hydrogen-bond acceptors (Lipinski definition) is 4. The number of hydrogen-bond donors (Lipinski definition) is 0. The SMILES string of the molecule is CC(C)(C)CC(C)(C(=O)ON1C(=O)CCC1=O)C(C)(C)C. The van der Waals surface area contributed by atoms with Crippen LogP contribution in [0.3, 0.4) is 0 Å². The predicted molar refractivity (Wildman–Crippen MR) is 78.8 cm³/mol. The highest BCUT2D eigenvalue weighted by Gasteiger charge is 2.49. The molecule has 1 fully saturated rings. The van der Waals surface area contributed by atoms with Gasteiger partial charge in [-0.15, -0.1) is 5.06 Å². The Kier molecular flexibility index (Phi) is 4.56. The van der Waals surface area contributed by atoms with Gasteiger partial charge in [0, 0.05) is 12.8 Å². The van der Waals surface area contributed by atoms with Crippen LogP contribution in [-0.2, 0) is 19.2 Å². The van der Waals surface area contributed by atoms with E-state index in [-0.39, 0.29) is 23.7 Å². The van der Waals surface area contributed by atoms with Gasteiger partial charge in [-0.05, 0) is 24.2 Å².